The van der Waals surface area contributed by atoms with Crippen LogP contribution < -0.4 is 14.2 Å². The lowest BCUT2D eigenvalue weighted by Gasteiger charge is -2.18. The highest BCUT2D eigenvalue weighted by molar-refractivity contribution is 5.91. The molecule has 0 bridgehead atoms. The third kappa shape index (κ3) is 4.51. The first kappa shape index (κ1) is 19.7. The maximum atomic E-state index is 12.4. The summed E-state index contributed by atoms with van der Waals surface area (Å²) in [6.45, 7) is 6.65. The zero-order valence-electron chi connectivity index (χ0n) is 17.2. The van der Waals surface area contributed by atoms with E-state index in [1.165, 1.54) is 5.56 Å². The fourth-order valence-corrected chi connectivity index (χ4v) is 3.02. The number of benzene rings is 3. The molecule has 152 valence electrons. The van der Waals surface area contributed by atoms with Gasteiger partial charge in [-0.15, -0.1) is 0 Å². The maximum Gasteiger partial charge on any atom is 0.343 e. The number of carbonyl (C=O) groups excluding carboxylic acids is 1. The molecule has 3 aromatic carbocycles. The number of esters is 1. The molecule has 0 aliphatic carbocycles. The molecule has 5 heteroatoms. The normalized spacial score (nSPS) is 12.9. The molecule has 0 atom stereocenters. The Morgan fingerprint density at radius 3 is 2.33 bits per heavy atom. The Bertz CT molecular complexity index is 1080. The van der Waals surface area contributed by atoms with Crippen molar-refractivity contribution < 1.29 is 19.0 Å². The Balaban J connectivity index is 1.39. The molecule has 0 amide bonds. The van der Waals surface area contributed by atoms with Crippen molar-refractivity contribution in [3.05, 3.63) is 83.4 Å². The Morgan fingerprint density at radius 1 is 0.933 bits per heavy atom. The second-order valence-electron chi connectivity index (χ2n) is 8.08. The molecule has 3 aromatic rings. The second-order valence-corrected chi connectivity index (χ2v) is 8.08. The summed E-state index contributed by atoms with van der Waals surface area (Å²) in [4.78, 5) is 16.8. The number of hydrogen-bond acceptors (Lipinski definition) is 5. The molecule has 0 radical (unpaired) electrons. The number of hydrogen-bond donors (Lipinski definition) is 0. The van der Waals surface area contributed by atoms with Crippen LogP contribution in [0, 0.1) is 0 Å². The average molecular weight is 401 g/mol. The highest BCUT2D eigenvalue weighted by Crippen LogP contribution is 2.32. The Labute approximate surface area is 175 Å². The van der Waals surface area contributed by atoms with E-state index in [9.17, 15) is 4.79 Å². The summed E-state index contributed by atoms with van der Waals surface area (Å²) in [5, 5.41) is 0. The van der Waals surface area contributed by atoms with Gasteiger partial charge in [-0.05, 0) is 71.1 Å². The van der Waals surface area contributed by atoms with Gasteiger partial charge < -0.3 is 14.2 Å². The molecule has 30 heavy (non-hydrogen) atoms. The van der Waals surface area contributed by atoms with E-state index >= 15 is 0 Å². The van der Waals surface area contributed by atoms with Crippen molar-refractivity contribution in [3.63, 3.8) is 0 Å². The quantitative estimate of drug-likeness (QED) is 0.320. The van der Waals surface area contributed by atoms with E-state index < -0.39 is 0 Å². The average Bonchev–Trinajstić information content (AvgIpc) is 3.20. The molecule has 4 rings (SSSR count). The summed E-state index contributed by atoms with van der Waals surface area (Å²) >= 11 is 0. The van der Waals surface area contributed by atoms with E-state index in [0.29, 0.717) is 11.3 Å². The fraction of sp³-hybridized carbons (Fsp3) is 0.200. The first-order valence-corrected chi connectivity index (χ1v) is 9.75. The maximum absolute atomic E-state index is 12.4. The van der Waals surface area contributed by atoms with E-state index in [2.05, 4.69) is 25.8 Å². The molecule has 0 N–H and O–H groups in total. The van der Waals surface area contributed by atoms with Crippen LogP contribution in [0.3, 0.4) is 0 Å². The minimum absolute atomic E-state index is 0.0411. The van der Waals surface area contributed by atoms with Crippen molar-refractivity contribution in [2.75, 3.05) is 6.79 Å². The van der Waals surface area contributed by atoms with Crippen molar-refractivity contribution in [1.29, 1.82) is 0 Å². The van der Waals surface area contributed by atoms with Gasteiger partial charge >= 0.3 is 5.97 Å². The monoisotopic (exact) mass is 401 g/mol. The predicted octanol–water partition coefficient (Wildman–Crippen LogP) is 5.68. The van der Waals surface area contributed by atoms with Crippen LogP contribution in [0.1, 0.15) is 42.3 Å². The van der Waals surface area contributed by atoms with Gasteiger partial charge in [0.25, 0.3) is 0 Å². The third-order valence-electron chi connectivity index (χ3n) is 4.79. The number of carbonyl (C=O) groups is 1. The van der Waals surface area contributed by atoms with Crippen molar-refractivity contribution in [3.8, 4) is 17.2 Å². The number of ether oxygens (including phenoxy) is 3. The van der Waals surface area contributed by atoms with Gasteiger partial charge in [0.05, 0.1) is 11.3 Å². The summed E-state index contributed by atoms with van der Waals surface area (Å²) in [5.74, 6) is 1.55. The van der Waals surface area contributed by atoms with Crippen LogP contribution in [-0.2, 0) is 5.41 Å². The van der Waals surface area contributed by atoms with Gasteiger partial charge in [0, 0.05) is 6.21 Å². The predicted molar refractivity (Wildman–Crippen MR) is 116 cm³/mol. The minimum atomic E-state index is -0.382. The van der Waals surface area contributed by atoms with Crippen LogP contribution in [0.25, 0.3) is 0 Å². The topological polar surface area (TPSA) is 57.1 Å². The molecule has 0 spiro atoms. The standard InChI is InChI=1S/C25H23NO4/c1-25(2,3)19-7-5-18(6-8-19)24(27)30-21-11-9-20(10-12-21)26-15-17-4-13-22-23(14-17)29-16-28-22/h4-15H,16H2,1-3H3/b26-15+. The third-order valence-corrected chi connectivity index (χ3v) is 4.79. The van der Waals surface area contributed by atoms with Crippen molar-refractivity contribution in [1.82, 2.24) is 0 Å². The van der Waals surface area contributed by atoms with E-state index in [1.807, 2.05) is 30.3 Å². The molecule has 0 unspecified atom stereocenters. The zero-order chi connectivity index (χ0) is 21.1. The highest BCUT2D eigenvalue weighted by atomic mass is 16.7. The molecule has 0 fully saturated rings. The molecule has 0 saturated heterocycles. The summed E-state index contributed by atoms with van der Waals surface area (Å²) < 4.78 is 16.1. The summed E-state index contributed by atoms with van der Waals surface area (Å²) in [6.07, 6.45) is 1.75. The minimum Gasteiger partial charge on any atom is -0.454 e. The van der Waals surface area contributed by atoms with Crippen molar-refractivity contribution in [2.45, 2.75) is 26.2 Å². The van der Waals surface area contributed by atoms with Crippen LogP contribution in [0.15, 0.2) is 71.7 Å². The molecule has 0 saturated carbocycles. The molecular formula is C25H23NO4. The van der Waals surface area contributed by atoms with Gasteiger partial charge in [-0.1, -0.05) is 32.9 Å². The van der Waals surface area contributed by atoms with E-state index in [0.717, 1.165) is 22.7 Å². The molecule has 1 heterocycles. The van der Waals surface area contributed by atoms with Crippen LogP contribution in [-0.4, -0.2) is 19.0 Å². The highest BCUT2D eigenvalue weighted by Gasteiger charge is 2.15. The van der Waals surface area contributed by atoms with Gasteiger partial charge in [0.15, 0.2) is 11.5 Å². The van der Waals surface area contributed by atoms with E-state index in [4.69, 9.17) is 14.2 Å². The first-order valence-electron chi connectivity index (χ1n) is 9.75. The van der Waals surface area contributed by atoms with Gasteiger partial charge in [0.2, 0.25) is 6.79 Å². The van der Waals surface area contributed by atoms with Gasteiger partial charge in [-0.25, -0.2) is 4.79 Å². The summed E-state index contributed by atoms with van der Waals surface area (Å²) in [7, 11) is 0. The fourth-order valence-electron chi connectivity index (χ4n) is 3.02. The van der Waals surface area contributed by atoms with E-state index in [-0.39, 0.29) is 18.2 Å². The van der Waals surface area contributed by atoms with Crippen molar-refractivity contribution in [2.24, 2.45) is 4.99 Å². The summed E-state index contributed by atoms with van der Waals surface area (Å²) in [6, 6.07) is 20.2. The molecule has 1 aliphatic rings. The lowest BCUT2D eigenvalue weighted by atomic mass is 9.87. The molecular weight excluding hydrogens is 378 g/mol. The summed E-state index contributed by atoms with van der Waals surface area (Å²) in [5.41, 5.74) is 3.39. The molecule has 1 aliphatic heterocycles. The van der Waals surface area contributed by atoms with Gasteiger partial charge in [-0.2, -0.15) is 0 Å². The van der Waals surface area contributed by atoms with E-state index in [1.54, 1.807) is 42.6 Å². The SMILES string of the molecule is CC(C)(C)c1ccc(C(=O)Oc2ccc(/N=C/c3ccc4c(c3)OCO4)cc2)cc1. The smallest absolute Gasteiger partial charge is 0.343 e. The van der Waals surface area contributed by atoms with Crippen LogP contribution in [0.5, 0.6) is 17.2 Å². The zero-order valence-corrected chi connectivity index (χ0v) is 17.2. The largest absolute Gasteiger partial charge is 0.454 e. The number of rotatable bonds is 4. The molecule has 0 aromatic heterocycles. The van der Waals surface area contributed by atoms with Crippen LogP contribution in [0.2, 0.25) is 0 Å². The van der Waals surface area contributed by atoms with Crippen molar-refractivity contribution >= 4 is 17.9 Å². The number of fused-ring (bicyclic) bond motifs is 1. The van der Waals surface area contributed by atoms with Gasteiger partial charge in [0.1, 0.15) is 5.75 Å². The Morgan fingerprint density at radius 2 is 1.63 bits per heavy atom. The molecule has 5 nitrogen and oxygen atoms in total. The second kappa shape index (κ2) is 8.03. The number of nitrogens with zero attached hydrogens (tertiary/aromatic N) is 1. The lowest BCUT2D eigenvalue weighted by molar-refractivity contribution is 0.0734. The Kier molecular flexibility index (Phi) is 5.27. The van der Waals surface area contributed by atoms with Crippen LogP contribution in [0.4, 0.5) is 5.69 Å². The number of aliphatic imine (C=N–C) groups is 1. The van der Waals surface area contributed by atoms with Gasteiger partial charge in [-0.3, -0.25) is 4.99 Å². The Hall–Kier alpha value is -3.60. The first-order chi connectivity index (χ1) is 14.4. The van der Waals surface area contributed by atoms with Crippen LogP contribution >= 0.6 is 0 Å². The lowest BCUT2D eigenvalue weighted by Crippen LogP contribution is -2.12.